The predicted molar refractivity (Wildman–Crippen MR) is 206 cm³/mol. The Balaban J connectivity index is 1.41. The number of amides is 2. The summed E-state index contributed by atoms with van der Waals surface area (Å²) in [6, 6.07) is 29.5. The Bertz CT molecular complexity index is 1910. The average Bonchev–Trinajstić information content (AvgIpc) is 3.64. The lowest BCUT2D eigenvalue weighted by molar-refractivity contribution is -0.159. The molecule has 0 bridgehead atoms. The molecule has 5 aromatic rings. The summed E-state index contributed by atoms with van der Waals surface area (Å²) >= 11 is 15.5. The molecule has 0 unspecified atom stereocenters. The van der Waals surface area contributed by atoms with Crippen LogP contribution in [0.2, 0.25) is 0 Å². The van der Waals surface area contributed by atoms with Gasteiger partial charge < -0.3 is 4.74 Å². The standard InChI is InChI=1S/C37H29Br4N3O4S/c1-36(2,3)48-35(47)26(44-33(45)27-28(34(44)46)30(39)32(41)31(40)29(27)38)19-25-20-43(21-42-25)49-37(22-13-7-4-8-14-22,23-15-9-5-10-16-23)24-17-11-6-12-18-24/h4-18,20-21,26H,19H2,1-3H3/t26-/m0/s1. The van der Waals surface area contributed by atoms with E-state index in [0.29, 0.717) is 23.6 Å². The van der Waals surface area contributed by atoms with Gasteiger partial charge in [-0.1, -0.05) is 91.0 Å². The number of imide groups is 1. The van der Waals surface area contributed by atoms with Gasteiger partial charge in [0.05, 0.1) is 16.8 Å². The third kappa shape index (κ3) is 6.87. The number of carbonyl (C=O) groups excluding carboxylic acids is 3. The molecular weight excluding hydrogens is 902 g/mol. The number of hydrogen-bond donors (Lipinski definition) is 0. The normalized spacial score (nSPS) is 13.8. The Kier molecular flexibility index (Phi) is 10.4. The molecule has 0 radical (unpaired) electrons. The summed E-state index contributed by atoms with van der Waals surface area (Å²) < 4.78 is 8.95. The Hall–Kier alpha value is -3.03. The second-order valence-corrected chi connectivity index (χ2v) is 16.7. The molecule has 0 N–H and O–H groups in total. The molecule has 7 nitrogen and oxygen atoms in total. The largest absolute Gasteiger partial charge is 0.458 e. The van der Waals surface area contributed by atoms with Gasteiger partial charge in [-0.3, -0.25) is 18.5 Å². The van der Waals surface area contributed by atoms with Crippen LogP contribution < -0.4 is 0 Å². The lowest BCUT2D eigenvalue weighted by Crippen LogP contribution is -2.48. The van der Waals surface area contributed by atoms with Gasteiger partial charge in [-0.15, -0.1) is 0 Å². The minimum atomic E-state index is -1.28. The predicted octanol–water partition coefficient (Wildman–Crippen LogP) is 9.97. The van der Waals surface area contributed by atoms with Gasteiger partial charge >= 0.3 is 5.97 Å². The molecule has 0 fully saturated rings. The van der Waals surface area contributed by atoms with Crippen molar-refractivity contribution in [2.75, 3.05) is 0 Å². The second kappa shape index (κ2) is 14.3. The van der Waals surface area contributed by atoms with Gasteiger partial charge in [0.1, 0.15) is 22.7 Å². The van der Waals surface area contributed by atoms with Crippen LogP contribution in [0.1, 0.15) is 63.9 Å². The maximum Gasteiger partial charge on any atom is 0.330 e. The summed E-state index contributed by atoms with van der Waals surface area (Å²) in [7, 11) is 0. The van der Waals surface area contributed by atoms with Crippen molar-refractivity contribution in [1.82, 2.24) is 13.9 Å². The van der Waals surface area contributed by atoms with E-state index in [9.17, 15) is 14.4 Å². The van der Waals surface area contributed by atoms with E-state index in [0.717, 1.165) is 21.6 Å². The molecule has 4 aromatic carbocycles. The number of hydrogen-bond acceptors (Lipinski definition) is 6. The van der Waals surface area contributed by atoms with Crippen LogP contribution in [-0.2, 0) is 20.7 Å². The number of esters is 1. The molecule has 0 saturated carbocycles. The Morgan fingerprint density at radius 2 is 1.16 bits per heavy atom. The van der Waals surface area contributed by atoms with Gasteiger partial charge in [-0.05, 0) is 113 Å². The van der Waals surface area contributed by atoms with E-state index >= 15 is 0 Å². The molecule has 6 rings (SSSR count). The minimum Gasteiger partial charge on any atom is -0.458 e. The van der Waals surface area contributed by atoms with Crippen LogP contribution in [0.25, 0.3) is 0 Å². The number of benzene rings is 4. The summed E-state index contributed by atoms with van der Waals surface area (Å²) in [5.74, 6) is -1.93. The molecule has 49 heavy (non-hydrogen) atoms. The van der Waals surface area contributed by atoms with Crippen molar-refractivity contribution in [3.05, 3.63) is 155 Å². The first-order valence-corrected chi connectivity index (χ1v) is 19.1. The van der Waals surface area contributed by atoms with E-state index in [1.807, 2.05) is 64.8 Å². The van der Waals surface area contributed by atoms with Gasteiger partial charge in [0, 0.05) is 30.5 Å². The van der Waals surface area contributed by atoms with Crippen molar-refractivity contribution in [3.8, 4) is 0 Å². The van der Waals surface area contributed by atoms with Gasteiger partial charge in [0.2, 0.25) is 0 Å². The SMILES string of the molecule is CC(C)(C)OC(=O)[C@H](Cc1cn(SC(c2ccccc2)(c2ccccc2)c2ccccc2)cn1)N1C(=O)c2c(Br)c(Br)c(Br)c(Br)c2C1=O. The molecule has 12 heteroatoms. The number of aromatic nitrogens is 2. The number of ether oxygens (including phenoxy) is 1. The van der Waals surface area contributed by atoms with Crippen molar-refractivity contribution in [2.45, 2.75) is 43.6 Å². The Morgan fingerprint density at radius 3 is 1.57 bits per heavy atom. The first-order chi connectivity index (χ1) is 23.3. The maximum absolute atomic E-state index is 14.0. The smallest absolute Gasteiger partial charge is 0.330 e. The molecule has 0 spiro atoms. The first-order valence-electron chi connectivity index (χ1n) is 15.2. The zero-order valence-corrected chi connectivity index (χ0v) is 33.7. The fourth-order valence-electron chi connectivity index (χ4n) is 5.83. The zero-order valence-electron chi connectivity index (χ0n) is 26.5. The van der Waals surface area contributed by atoms with Gasteiger partial charge in [-0.2, -0.15) is 0 Å². The fraction of sp³-hybridized carbons (Fsp3) is 0.189. The third-order valence-electron chi connectivity index (χ3n) is 7.92. The number of fused-ring (bicyclic) bond motifs is 1. The topological polar surface area (TPSA) is 81.5 Å². The first kappa shape index (κ1) is 35.8. The fourth-order valence-corrected chi connectivity index (χ4v) is 9.60. The summed E-state index contributed by atoms with van der Waals surface area (Å²) in [5, 5.41) is 0. The molecule has 2 heterocycles. The lowest BCUT2D eigenvalue weighted by Gasteiger charge is -2.35. The van der Waals surface area contributed by atoms with E-state index < -0.39 is 34.2 Å². The van der Waals surface area contributed by atoms with E-state index in [4.69, 9.17) is 4.74 Å². The summed E-state index contributed by atoms with van der Waals surface area (Å²) in [6.07, 6.45) is 3.48. The quantitative estimate of drug-likeness (QED) is 0.0482. The van der Waals surface area contributed by atoms with Crippen LogP contribution in [-0.4, -0.2) is 43.3 Å². The third-order valence-corrected chi connectivity index (χ3v) is 14.1. The highest BCUT2D eigenvalue weighted by Crippen LogP contribution is 2.49. The van der Waals surface area contributed by atoms with Crippen LogP contribution in [0.4, 0.5) is 0 Å². The molecule has 1 aliphatic heterocycles. The van der Waals surface area contributed by atoms with Crippen LogP contribution in [0.3, 0.4) is 0 Å². The van der Waals surface area contributed by atoms with E-state index in [-0.39, 0.29) is 17.5 Å². The van der Waals surface area contributed by atoms with Crippen molar-refractivity contribution in [2.24, 2.45) is 0 Å². The number of halogens is 4. The number of rotatable bonds is 9. The highest BCUT2D eigenvalue weighted by molar-refractivity contribution is 9.15. The molecule has 250 valence electrons. The highest BCUT2D eigenvalue weighted by Gasteiger charge is 2.48. The Labute approximate surface area is 322 Å². The van der Waals surface area contributed by atoms with E-state index in [1.54, 1.807) is 39.0 Å². The van der Waals surface area contributed by atoms with Crippen LogP contribution in [0.15, 0.2) is 121 Å². The molecule has 0 aliphatic carbocycles. The second-order valence-electron chi connectivity index (χ2n) is 12.3. The van der Waals surface area contributed by atoms with E-state index in [1.165, 1.54) is 0 Å². The van der Waals surface area contributed by atoms with E-state index in [2.05, 4.69) is 105 Å². The summed E-state index contributed by atoms with van der Waals surface area (Å²) in [5.41, 5.74) is 3.15. The number of imidazole rings is 1. The van der Waals surface area contributed by atoms with Crippen LogP contribution in [0, 0.1) is 0 Å². The minimum absolute atomic E-state index is 0.0550. The van der Waals surface area contributed by atoms with Crippen molar-refractivity contribution < 1.29 is 19.1 Å². The van der Waals surface area contributed by atoms with Crippen molar-refractivity contribution in [3.63, 3.8) is 0 Å². The van der Waals surface area contributed by atoms with Crippen molar-refractivity contribution in [1.29, 1.82) is 0 Å². The number of carbonyl (C=O) groups is 3. The molecular formula is C37H29Br4N3O4S. The average molecular weight is 931 g/mol. The van der Waals surface area contributed by atoms with Gasteiger partial charge in [0.15, 0.2) is 0 Å². The molecule has 1 atom stereocenters. The Morgan fingerprint density at radius 1 is 0.735 bits per heavy atom. The highest BCUT2D eigenvalue weighted by atomic mass is 79.9. The molecule has 0 saturated heterocycles. The van der Waals surface area contributed by atoms with Crippen LogP contribution >= 0.6 is 75.7 Å². The van der Waals surface area contributed by atoms with Crippen LogP contribution in [0.5, 0.6) is 0 Å². The monoisotopic (exact) mass is 927 g/mol. The zero-order chi connectivity index (χ0) is 35.1. The molecule has 1 aliphatic rings. The summed E-state index contributed by atoms with van der Waals surface area (Å²) in [6.45, 7) is 5.23. The number of nitrogens with zero attached hydrogens (tertiary/aromatic N) is 3. The summed E-state index contributed by atoms with van der Waals surface area (Å²) in [4.78, 5) is 47.5. The molecule has 1 aromatic heterocycles. The lowest BCUT2D eigenvalue weighted by atomic mass is 9.84. The maximum atomic E-state index is 14.0. The van der Waals surface area contributed by atoms with Gasteiger partial charge in [-0.25, -0.2) is 9.78 Å². The van der Waals surface area contributed by atoms with Crippen molar-refractivity contribution >= 4 is 93.5 Å². The van der Waals surface area contributed by atoms with Gasteiger partial charge in [0.25, 0.3) is 11.8 Å². The molecule has 2 amide bonds.